The van der Waals surface area contributed by atoms with Crippen LogP contribution in [-0.4, -0.2) is 46.4 Å². The number of sulfonamides is 1. The standard InChI is InChI=1S/C21H20ClF4N5O2S/c1-30-11-19(29-12-30)34(32,33)31-9-15(20-17(23)3-2-6-27-20)18(10-31)28-8-13-4-5-14(7-16(13)22)21(24,25)26/h2-7,11-12,15,18,28H,8-10H2,1H3/t15-,18-/m1/s1. The lowest BCUT2D eigenvalue weighted by Gasteiger charge is -2.20. The molecule has 0 aliphatic carbocycles. The molecule has 1 aliphatic rings. The molecule has 3 aromatic rings. The van der Waals surface area contributed by atoms with Gasteiger partial charge < -0.3 is 9.88 Å². The van der Waals surface area contributed by atoms with Gasteiger partial charge in [0, 0.05) is 56.1 Å². The lowest BCUT2D eigenvalue weighted by atomic mass is 9.98. The quantitative estimate of drug-likeness (QED) is 0.506. The molecule has 182 valence electrons. The fourth-order valence-electron chi connectivity index (χ4n) is 3.88. The first kappa shape index (κ1) is 24.6. The molecule has 1 saturated heterocycles. The van der Waals surface area contributed by atoms with E-state index in [1.54, 1.807) is 7.05 Å². The van der Waals surface area contributed by atoms with E-state index in [2.05, 4.69) is 15.3 Å². The summed E-state index contributed by atoms with van der Waals surface area (Å²) in [4.78, 5) is 8.03. The van der Waals surface area contributed by atoms with Crippen molar-refractivity contribution >= 4 is 21.6 Å². The van der Waals surface area contributed by atoms with E-state index in [0.717, 1.165) is 12.1 Å². The summed E-state index contributed by atoms with van der Waals surface area (Å²) in [6.45, 7) is -0.0207. The zero-order chi connectivity index (χ0) is 24.7. The van der Waals surface area contributed by atoms with Crippen LogP contribution in [0.15, 0.2) is 54.1 Å². The van der Waals surface area contributed by atoms with Crippen LogP contribution in [0.5, 0.6) is 0 Å². The molecule has 0 bridgehead atoms. The number of pyridine rings is 1. The van der Waals surface area contributed by atoms with Crippen LogP contribution in [0.2, 0.25) is 5.02 Å². The van der Waals surface area contributed by atoms with Crippen LogP contribution < -0.4 is 5.32 Å². The van der Waals surface area contributed by atoms with Crippen LogP contribution in [0.25, 0.3) is 0 Å². The SMILES string of the molecule is Cn1cnc(S(=O)(=O)N2C[C@@H](NCc3ccc(C(F)(F)F)cc3Cl)[C@H](c3ncccc3F)C2)c1. The molecule has 7 nitrogen and oxygen atoms in total. The van der Waals surface area contributed by atoms with Crippen molar-refractivity contribution in [1.29, 1.82) is 0 Å². The third kappa shape index (κ3) is 4.95. The Morgan fingerprint density at radius 3 is 2.59 bits per heavy atom. The number of imidazole rings is 1. The number of rotatable bonds is 6. The lowest BCUT2D eigenvalue weighted by molar-refractivity contribution is -0.137. The van der Waals surface area contributed by atoms with E-state index in [0.29, 0.717) is 5.56 Å². The maximum absolute atomic E-state index is 14.5. The van der Waals surface area contributed by atoms with Crippen molar-refractivity contribution in [3.05, 3.63) is 76.7 Å². The Kier molecular flexibility index (Phi) is 6.69. The maximum atomic E-state index is 14.5. The zero-order valence-electron chi connectivity index (χ0n) is 17.8. The van der Waals surface area contributed by atoms with Crippen LogP contribution >= 0.6 is 11.6 Å². The highest BCUT2D eigenvalue weighted by Crippen LogP contribution is 2.34. The molecule has 1 aromatic carbocycles. The van der Waals surface area contributed by atoms with Gasteiger partial charge in [0.25, 0.3) is 10.0 Å². The van der Waals surface area contributed by atoms with Gasteiger partial charge in [0.15, 0.2) is 5.03 Å². The molecule has 4 rings (SSSR count). The van der Waals surface area contributed by atoms with Crippen molar-refractivity contribution in [2.45, 2.75) is 29.7 Å². The minimum Gasteiger partial charge on any atom is -0.339 e. The second-order valence-corrected chi connectivity index (χ2v) is 10.3. The van der Waals surface area contributed by atoms with E-state index in [9.17, 15) is 26.0 Å². The van der Waals surface area contributed by atoms with Gasteiger partial charge in [0.1, 0.15) is 5.82 Å². The molecule has 3 heterocycles. The number of hydrogen-bond acceptors (Lipinski definition) is 5. The van der Waals surface area contributed by atoms with E-state index in [1.165, 1.54) is 45.8 Å². The second-order valence-electron chi connectivity index (χ2n) is 7.97. The molecule has 2 atom stereocenters. The Labute approximate surface area is 198 Å². The Morgan fingerprint density at radius 1 is 1.21 bits per heavy atom. The molecular weight excluding hydrogens is 498 g/mol. The summed E-state index contributed by atoms with van der Waals surface area (Å²) >= 11 is 6.05. The van der Waals surface area contributed by atoms with Crippen molar-refractivity contribution in [1.82, 2.24) is 24.2 Å². The molecule has 13 heteroatoms. The molecule has 34 heavy (non-hydrogen) atoms. The van der Waals surface area contributed by atoms with Crippen molar-refractivity contribution < 1.29 is 26.0 Å². The average Bonchev–Trinajstić information content (AvgIpc) is 3.40. The number of aromatic nitrogens is 3. The summed E-state index contributed by atoms with van der Waals surface area (Å²) < 4.78 is 82.2. The van der Waals surface area contributed by atoms with E-state index in [1.807, 2.05) is 0 Å². The van der Waals surface area contributed by atoms with Gasteiger partial charge in [-0.2, -0.15) is 17.5 Å². The Morgan fingerprint density at radius 2 is 1.97 bits per heavy atom. The number of halogens is 5. The minimum atomic E-state index is -4.52. The largest absolute Gasteiger partial charge is 0.416 e. The molecule has 0 spiro atoms. The fraction of sp³-hybridized carbons (Fsp3) is 0.333. The summed E-state index contributed by atoms with van der Waals surface area (Å²) in [5, 5.41) is 2.91. The van der Waals surface area contributed by atoms with Crippen LogP contribution in [0.3, 0.4) is 0 Å². The number of aryl methyl sites for hydroxylation is 1. The highest BCUT2D eigenvalue weighted by Gasteiger charge is 2.42. The van der Waals surface area contributed by atoms with Gasteiger partial charge in [-0.25, -0.2) is 17.8 Å². The van der Waals surface area contributed by atoms with E-state index >= 15 is 0 Å². The number of nitrogens with zero attached hydrogens (tertiary/aromatic N) is 4. The topological polar surface area (TPSA) is 80.1 Å². The number of hydrogen-bond donors (Lipinski definition) is 1. The van der Waals surface area contributed by atoms with E-state index in [-0.39, 0.29) is 35.4 Å². The molecule has 0 unspecified atom stereocenters. The Bertz CT molecular complexity index is 1300. The molecule has 1 aliphatic heterocycles. The molecule has 2 aromatic heterocycles. The first-order chi connectivity index (χ1) is 16.0. The lowest BCUT2D eigenvalue weighted by Crippen LogP contribution is -2.36. The van der Waals surface area contributed by atoms with Crippen molar-refractivity contribution in [2.24, 2.45) is 7.05 Å². The van der Waals surface area contributed by atoms with Crippen molar-refractivity contribution in [3.63, 3.8) is 0 Å². The van der Waals surface area contributed by atoms with Crippen LogP contribution in [0.4, 0.5) is 17.6 Å². The summed E-state index contributed by atoms with van der Waals surface area (Å²) in [5.74, 6) is -1.23. The number of alkyl halides is 3. The molecule has 0 radical (unpaired) electrons. The summed E-state index contributed by atoms with van der Waals surface area (Å²) in [7, 11) is -2.32. The smallest absolute Gasteiger partial charge is 0.339 e. The van der Waals surface area contributed by atoms with E-state index < -0.39 is 39.5 Å². The van der Waals surface area contributed by atoms with Crippen LogP contribution in [-0.2, 0) is 29.8 Å². The van der Waals surface area contributed by atoms with Crippen LogP contribution in [0, 0.1) is 5.82 Å². The Hall–Kier alpha value is -2.54. The zero-order valence-corrected chi connectivity index (χ0v) is 19.4. The first-order valence-corrected chi connectivity index (χ1v) is 12.0. The van der Waals surface area contributed by atoms with Crippen molar-refractivity contribution in [2.75, 3.05) is 13.1 Å². The third-order valence-corrected chi connectivity index (χ3v) is 7.71. The maximum Gasteiger partial charge on any atom is 0.416 e. The number of benzene rings is 1. The molecule has 0 saturated carbocycles. The van der Waals surface area contributed by atoms with Gasteiger partial charge in [-0.05, 0) is 29.8 Å². The van der Waals surface area contributed by atoms with Crippen molar-refractivity contribution in [3.8, 4) is 0 Å². The fourth-order valence-corrected chi connectivity index (χ4v) is 5.59. The van der Waals surface area contributed by atoms with Gasteiger partial charge in [0.2, 0.25) is 0 Å². The molecule has 1 N–H and O–H groups in total. The van der Waals surface area contributed by atoms with Gasteiger partial charge >= 0.3 is 6.18 Å². The summed E-state index contributed by atoms with van der Waals surface area (Å²) in [6, 6.07) is 5.10. The van der Waals surface area contributed by atoms with E-state index in [4.69, 9.17) is 11.6 Å². The molecule has 0 amide bonds. The highest BCUT2D eigenvalue weighted by atomic mass is 35.5. The van der Waals surface area contributed by atoms with Crippen LogP contribution in [0.1, 0.15) is 22.7 Å². The Balaban J connectivity index is 1.59. The first-order valence-electron chi connectivity index (χ1n) is 10.1. The number of nitrogens with one attached hydrogen (secondary N) is 1. The monoisotopic (exact) mass is 517 g/mol. The molecular formula is C21H20ClF4N5O2S. The van der Waals surface area contributed by atoms with Gasteiger partial charge in [-0.15, -0.1) is 0 Å². The summed E-state index contributed by atoms with van der Waals surface area (Å²) in [5.41, 5.74) is -0.388. The van der Waals surface area contributed by atoms with Gasteiger partial charge in [-0.1, -0.05) is 17.7 Å². The predicted octanol–water partition coefficient (Wildman–Crippen LogP) is 3.57. The van der Waals surface area contributed by atoms with Gasteiger partial charge in [-0.3, -0.25) is 4.98 Å². The second kappa shape index (κ2) is 9.25. The third-order valence-electron chi connectivity index (χ3n) is 5.65. The summed E-state index contributed by atoms with van der Waals surface area (Å²) in [6.07, 6.45) is -0.378. The minimum absolute atomic E-state index is 0.0160. The average molecular weight is 518 g/mol. The molecule has 1 fully saturated rings. The van der Waals surface area contributed by atoms with Gasteiger partial charge in [0.05, 0.1) is 17.6 Å². The predicted molar refractivity (Wildman–Crippen MR) is 116 cm³/mol. The normalized spacial score (nSPS) is 19.6. The highest BCUT2D eigenvalue weighted by molar-refractivity contribution is 7.89.